The maximum absolute atomic E-state index is 12.9. The van der Waals surface area contributed by atoms with Crippen molar-refractivity contribution in [3.63, 3.8) is 0 Å². The smallest absolute Gasteiger partial charge is 0.269 e. The molecule has 1 aromatic heterocycles. The number of carbonyl (C=O) groups excluding carboxylic acids is 1. The molecule has 0 fully saturated rings. The zero-order valence-electron chi connectivity index (χ0n) is 18.3. The summed E-state index contributed by atoms with van der Waals surface area (Å²) in [5.74, 6) is 1.30. The van der Waals surface area contributed by atoms with E-state index in [0.717, 1.165) is 5.56 Å². The number of hydrogen-bond acceptors (Lipinski definition) is 9. The lowest BCUT2D eigenvalue weighted by Crippen LogP contribution is -2.37. The molecule has 2 aromatic carbocycles. The Kier molecular flexibility index (Phi) is 8.17. The summed E-state index contributed by atoms with van der Waals surface area (Å²) in [6.07, 6.45) is 0. The number of amides is 1. The van der Waals surface area contributed by atoms with E-state index in [1.54, 1.807) is 33.5 Å². The van der Waals surface area contributed by atoms with Crippen LogP contribution in [0.4, 0.5) is 10.8 Å². The van der Waals surface area contributed by atoms with Crippen LogP contribution >= 0.6 is 11.3 Å². The number of thiazole rings is 1. The number of ether oxygens (including phenoxy) is 4. The third kappa shape index (κ3) is 5.96. The van der Waals surface area contributed by atoms with E-state index in [-0.39, 0.29) is 24.7 Å². The molecule has 0 spiro atoms. The van der Waals surface area contributed by atoms with Gasteiger partial charge in [0.1, 0.15) is 17.2 Å². The van der Waals surface area contributed by atoms with Crippen molar-refractivity contribution in [3.8, 4) is 28.5 Å². The molecule has 0 aliphatic rings. The quantitative estimate of drug-likeness (QED) is 0.305. The van der Waals surface area contributed by atoms with Gasteiger partial charge in [0.2, 0.25) is 0 Å². The van der Waals surface area contributed by atoms with Gasteiger partial charge in [0, 0.05) is 30.2 Å². The molecule has 0 saturated carbocycles. The minimum absolute atomic E-state index is 0.0568. The van der Waals surface area contributed by atoms with E-state index in [1.807, 2.05) is 11.4 Å². The third-order valence-electron chi connectivity index (χ3n) is 4.64. The van der Waals surface area contributed by atoms with Gasteiger partial charge in [-0.15, -0.1) is 11.3 Å². The standard InChI is InChI=1S/C22H23N3O7S/c1-29-11-10-24(21(26)13-32-16-6-4-15(5-7-16)25(27)28)22-23-19(14-33-22)18-12-17(30-2)8-9-20(18)31-3/h4-9,12,14H,10-11,13H2,1-3H3. The van der Waals surface area contributed by atoms with E-state index in [2.05, 4.69) is 4.98 Å². The zero-order chi connectivity index (χ0) is 23.8. The molecule has 0 bridgehead atoms. The maximum atomic E-state index is 12.9. The predicted octanol–water partition coefficient (Wildman–Crippen LogP) is 3.79. The van der Waals surface area contributed by atoms with Gasteiger partial charge in [-0.2, -0.15) is 0 Å². The predicted molar refractivity (Wildman–Crippen MR) is 123 cm³/mol. The number of carbonyl (C=O) groups is 1. The summed E-state index contributed by atoms with van der Waals surface area (Å²) in [5.41, 5.74) is 1.32. The van der Waals surface area contributed by atoms with Gasteiger partial charge in [-0.05, 0) is 30.3 Å². The summed E-state index contributed by atoms with van der Waals surface area (Å²) >= 11 is 1.30. The van der Waals surface area contributed by atoms with Gasteiger partial charge in [-0.25, -0.2) is 4.98 Å². The van der Waals surface area contributed by atoms with Gasteiger partial charge in [0.05, 0.1) is 38.0 Å². The number of nitro groups is 1. The third-order valence-corrected chi connectivity index (χ3v) is 5.50. The molecule has 0 saturated heterocycles. The molecule has 0 unspecified atom stereocenters. The second kappa shape index (κ2) is 11.2. The molecule has 0 radical (unpaired) electrons. The van der Waals surface area contributed by atoms with Crippen LogP contribution in [0.15, 0.2) is 47.8 Å². The first-order valence-electron chi connectivity index (χ1n) is 9.81. The molecule has 0 aliphatic carbocycles. The fourth-order valence-electron chi connectivity index (χ4n) is 2.92. The molecule has 0 atom stereocenters. The lowest BCUT2D eigenvalue weighted by molar-refractivity contribution is -0.384. The van der Waals surface area contributed by atoms with Crippen molar-refractivity contribution >= 4 is 28.1 Å². The number of benzene rings is 2. The Morgan fingerprint density at radius 2 is 1.82 bits per heavy atom. The Balaban J connectivity index is 1.78. The van der Waals surface area contributed by atoms with E-state index in [4.69, 9.17) is 18.9 Å². The summed E-state index contributed by atoms with van der Waals surface area (Å²) < 4.78 is 21.4. The molecular weight excluding hydrogens is 450 g/mol. The van der Waals surface area contributed by atoms with Crippen molar-refractivity contribution in [3.05, 3.63) is 58.0 Å². The molecule has 11 heteroatoms. The molecule has 0 N–H and O–H groups in total. The maximum Gasteiger partial charge on any atom is 0.269 e. The monoisotopic (exact) mass is 473 g/mol. The molecule has 1 amide bonds. The topological polar surface area (TPSA) is 113 Å². The summed E-state index contributed by atoms with van der Waals surface area (Å²) in [7, 11) is 4.70. The van der Waals surface area contributed by atoms with Crippen molar-refractivity contribution in [2.24, 2.45) is 0 Å². The Morgan fingerprint density at radius 1 is 1.09 bits per heavy atom. The molecular formula is C22H23N3O7S. The summed E-state index contributed by atoms with van der Waals surface area (Å²) in [5, 5.41) is 13.1. The van der Waals surface area contributed by atoms with Crippen LogP contribution in [-0.4, -0.2) is 56.9 Å². The highest BCUT2D eigenvalue weighted by atomic mass is 32.1. The minimum atomic E-state index is -0.501. The van der Waals surface area contributed by atoms with Crippen molar-refractivity contribution in [2.75, 3.05) is 46.0 Å². The Hall–Kier alpha value is -3.70. The average Bonchev–Trinajstić information content (AvgIpc) is 3.32. The van der Waals surface area contributed by atoms with Gasteiger partial charge in [-0.3, -0.25) is 19.8 Å². The number of anilines is 1. The molecule has 0 aliphatic heterocycles. The van der Waals surface area contributed by atoms with Crippen LogP contribution in [0.25, 0.3) is 11.3 Å². The van der Waals surface area contributed by atoms with Crippen molar-refractivity contribution in [2.45, 2.75) is 0 Å². The second-order valence-corrected chi connectivity index (χ2v) is 7.50. The van der Waals surface area contributed by atoms with E-state index in [0.29, 0.717) is 34.7 Å². The number of methoxy groups -OCH3 is 3. The summed E-state index contributed by atoms with van der Waals surface area (Å²) in [4.78, 5) is 29.3. The number of rotatable bonds is 11. The largest absolute Gasteiger partial charge is 0.497 e. The van der Waals surface area contributed by atoms with Crippen LogP contribution in [0.1, 0.15) is 0 Å². The number of nitro benzene ring substituents is 1. The number of non-ortho nitro benzene ring substituents is 1. The summed E-state index contributed by atoms with van der Waals surface area (Å²) in [6.45, 7) is 0.320. The van der Waals surface area contributed by atoms with Gasteiger partial charge in [-0.1, -0.05) is 0 Å². The minimum Gasteiger partial charge on any atom is -0.497 e. The SMILES string of the molecule is COCCN(C(=O)COc1ccc([N+](=O)[O-])cc1)c1nc(-c2cc(OC)ccc2OC)cs1. The highest BCUT2D eigenvalue weighted by molar-refractivity contribution is 7.14. The van der Waals surface area contributed by atoms with E-state index >= 15 is 0 Å². The second-order valence-electron chi connectivity index (χ2n) is 6.66. The molecule has 3 aromatic rings. The molecule has 33 heavy (non-hydrogen) atoms. The van der Waals surface area contributed by atoms with Gasteiger partial charge >= 0.3 is 0 Å². The number of nitrogens with zero attached hydrogens (tertiary/aromatic N) is 3. The Morgan fingerprint density at radius 3 is 2.45 bits per heavy atom. The van der Waals surface area contributed by atoms with E-state index in [9.17, 15) is 14.9 Å². The molecule has 3 rings (SSSR count). The van der Waals surface area contributed by atoms with Crippen LogP contribution in [0.5, 0.6) is 17.2 Å². The molecule has 10 nitrogen and oxygen atoms in total. The first-order chi connectivity index (χ1) is 16.0. The molecule has 174 valence electrons. The zero-order valence-corrected chi connectivity index (χ0v) is 19.2. The molecule has 1 heterocycles. The van der Waals surface area contributed by atoms with Crippen LogP contribution in [-0.2, 0) is 9.53 Å². The Bertz CT molecular complexity index is 1100. The van der Waals surface area contributed by atoms with Crippen LogP contribution in [0.3, 0.4) is 0 Å². The lowest BCUT2D eigenvalue weighted by atomic mass is 10.1. The van der Waals surface area contributed by atoms with Gasteiger partial charge < -0.3 is 18.9 Å². The lowest BCUT2D eigenvalue weighted by Gasteiger charge is -2.19. The van der Waals surface area contributed by atoms with E-state index < -0.39 is 4.92 Å². The van der Waals surface area contributed by atoms with Crippen molar-refractivity contribution < 1.29 is 28.7 Å². The van der Waals surface area contributed by atoms with Crippen LogP contribution in [0.2, 0.25) is 0 Å². The number of hydrogen-bond donors (Lipinski definition) is 0. The first kappa shape index (κ1) is 24.0. The van der Waals surface area contributed by atoms with Gasteiger partial charge in [0.25, 0.3) is 11.6 Å². The average molecular weight is 474 g/mol. The van der Waals surface area contributed by atoms with Crippen LogP contribution in [0, 0.1) is 10.1 Å². The highest BCUT2D eigenvalue weighted by Gasteiger charge is 2.21. The number of aromatic nitrogens is 1. The van der Waals surface area contributed by atoms with Crippen molar-refractivity contribution in [1.82, 2.24) is 4.98 Å². The Labute approximate surface area is 194 Å². The normalized spacial score (nSPS) is 10.5. The van der Waals surface area contributed by atoms with E-state index in [1.165, 1.54) is 40.5 Å². The van der Waals surface area contributed by atoms with Crippen LogP contribution < -0.4 is 19.1 Å². The van der Waals surface area contributed by atoms with Crippen molar-refractivity contribution in [1.29, 1.82) is 0 Å². The fourth-order valence-corrected chi connectivity index (χ4v) is 3.79. The summed E-state index contributed by atoms with van der Waals surface area (Å²) in [6, 6.07) is 10.9. The van der Waals surface area contributed by atoms with Gasteiger partial charge in [0.15, 0.2) is 11.7 Å². The highest BCUT2D eigenvalue weighted by Crippen LogP contribution is 2.36. The first-order valence-corrected chi connectivity index (χ1v) is 10.7. The fraction of sp³-hybridized carbons (Fsp3) is 0.273.